The molecule has 1 aliphatic heterocycles. The molecule has 0 radical (unpaired) electrons. The lowest BCUT2D eigenvalue weighted by Gasteiger charge is -2.16. The maximum absolute atomic E-state index is 12.9. The van der Waals surface area contributed by atoms with Crippen molar-refractivity contribution in [2.75, 3.05) is 13.1 Å². The molecule has 1 fully saturated rings. The van der Waals surface area contributed by atoms with Gasteiger partial charge in [0.25, 0.3) is 0 Å². The highest BCUT2D eigenvalue weighted by Crippen LogP contribution is 2.41. The van der Waals surface area contributed by atoms with Crippen LogP contribution in [0.3, 0.4) is 0 Å². The SMILES string of the molecule is Cc1cc(-c2c(C)sc(C)c2S(=O)(=O)N2CCCC2)on1. The van der Waals surface area contributed by atoms with E-state index in [1.165, 1.54) is 11.3 Å². The average Bonchev–Trinajstić information content (AvgIpc) is 3.09. The molecule has 5 nitrogen and oxygen atoms in total. The van der Waals surface area contributed by atoms with Crippen molar-refractivity contribution in [1.82, 2.24) is 9.46 Å². The second kappa shape index (κ2) is 5.23. The van der Waals surface area contributed by atoms with Crippen LogP contribution < -0.4 is 0 Å². The van der Waals surface area contributed by atoms with Crippen LogP contribution in [-0.2, 0) is 10.0 Å². The van der Waals surface area contributed by atoms with Crippen molar-refractivity contribution in [3.05, 3.63) is 21.5 Å². The van der Waals surface area contributed by atoms with Crippen LogP contribution in [-0.4, -0.2) is 31.0 Å². The van der Waals surface area contributed by atoms with Gasteiger partial charge in [0.2, 0.25) is 10.0 Å². The molecular weight excluding hydrogens is 308 g/mol. The molecule has 1 aliphatic rings. The first-order chi connectivity index (χ1) is 9.91. The van der Waals surface area contributed by atoms with Crippen molar-refractivity contribution in [1.29, 1.82) is 0 Å². The summed E-state index contributed by atoms with van der Waals surface area (Å²) in [5, 5.41) is 3.89. The summed E-state index contributed by atoms with van der Waals surface area (Å²) < 4.78 is 32.8. The molecule has 0 aromatic carbocycles. The largest absolute Gasteiger partial charge is 0.356 e. The van der Waals surface area contributed by atoms with E-state index in [-0.39, 0.29) is 0 Å². The molecule has 7 heteroatoms. The van der Waals surface area contributed by atoms with E-state index in [1.807, 2.05) is 20.8 Å². The molecule has 0 amide bonds. The van der Waals surface area contributed by atoms with Gasteiger partial charge >= 0.3 is 0 Å². The van der Waals surface area contributed by atoms with Gasteiger partial charge in [-0.05, 0) is 33.6 Å². The summed E-state index contributed by atoms with van der Waals surface area (Å²) in [6, 6.07) is 1.79. The maximum Gasteiger partial charge on any atom is 0.244 e. The van der Waals surface area contributed by atoms with Crippen molar-refractivity contribution in [2.24, 2.45) is 0 Å². The summed E-state index contributed by atoms with van der Waals surface area (Å²) in [5.41, 5.74) is 1.42. The Morgan fingerprint density at radius 2 is 1.86 bits per heavy atom. The lowest BCUT2D eigenvalue weighted by atomic mass is 10.2. The standard InChI is InChI=1S/C14H18N2O3S2/c1-9-8-12(19-15-9)13-10(2)20-11(3)14(13)21(17,18)16-6-4-5-7-16/h8H,4-7H2,1-3H3. The summed E-state index contributed by atoms with van der Waals surface area (Å²) in [5.74, 6) is 0.534. The first-order valence-electron chi connectivity index (χ1n) is 6.95. The predicted octanol–water partition coefficient (Wildman–Crippen LogP) is 3.11. The zero-order valence-electron chi connectivity index (χ0n) is 12.3. The lowest BCUT2D eigenvalue weighted by molar-refractivity contribution is 0.425. The van der Waals surface area contributed by atoms with E-state index in [2.05, 4.69) is 5.16 Å². The summed E-state index contributed by atoms with van der Waals surface area (Å²) in [4.78, 5) is 2.15. The normalized spacial score (nSPS) is 16.7. The van der Waals surface area contributed by atoms with Crippen LogP contribution in [0, 0.1) is 20.8 Å². The highest BCUT2D eigenvalue weighted by Gasteiger charge is 2.34. The zero-order chi connectivity index (χ0) is 15.2. The second-order valence-electron chi connectivity index (χ2n) is 5.36. The Bertz CT molecular complexity index is 768. The van der Waals surface area contributed by atoms with Crippen LogP contribution in [0.5, 0.6) is 0 Å². The topological polar surface area (TPSA) is 63.4 Å². The first-order valence-corrected chi connectivity index (χ1v) is 9.20. The Hall–Kier alpha value is -1.18. The van der Waals surface area contributed by atoms with Crippen LogP contribution >= 0.6 is 11.3 Å². The van der Waals surface area contributed by atoms with E-state index >= 15 is 0 Å². The number of aromatic nitrogens is 1. The zero-order valence-corrected chi connectivity index (χ0v) is 14.0. The van der Waals surface area contributed by atoms with Crippen LogP contribution in [0.15, 0.2) is 15.5 Å². The van der Waals surface area contributed by atoms with E-state index < -0.39 is 10.0 Å². The van der Waals surface area contributed by atoms with Crippen LogP contribution in [0.1, 0.15) is 28.3 Å². The number of hydrogen-bond acceptors (Lipinski definition) is 5. The van der Waals surface area contributed by atoms with Gasteiger partial charge in [-0.15, -0.1) is 11.3 Å². The van der Waals surface area contributed by atoms with Gasteiger partial charge in [-0.3, -0.25) is 0 Å². The van der Waals surface area contributed by atoms with Gasteiger partial charge < -0.3 is 4.52 Å². The smallest absolute Gasteiger partial charge is 0.244 e. The third-order valence-corrected chi connectivity index (χ3v) is 6.96. The number of thiophene rings is 1. The van der Waals surface area contributed by atoms with Crippen molar-refractivity contribution in [2.45, 2.75) is 38.5 Å². The molecular formula is C14H18N2O3S2. The molecule has 21 heavy (non-hydrogen) atoms. The van der Waals surface area contributed by atoms with Crippen LogP contribution in [0.2, 0.25) is 0 Å². The maximum atomic E-state index is 12.9. The molecule has 3 heterocycles. The number of sulfonamides is 1. The fraction of sp³-hybridized carbons (Fsp3) is 0.500. The van der Waals surface area contributed by atoms with Crippen LogP contribution in [0.25, 0.3) is 11.3 Å². The number of hydrogen-bond donors (Lipinski definition) is 0. The Morgan fingerprint density at radius 1 is 1.19 bits per heavy atom. The molecule has 3 rings (SSSR count). The third kappa shape index (κ3) is 2.43. The van der Waals surface area contributed by atoms with E-state index in [0.717, 1.165) is 28.3 Å². The fourth-order valence-electron chi connectivity index (χ4n) is 2.80. The Kier molecular flexibility index (Phi) is 3.67. The van der Waals surface area contributed by atoms with Gasteiger partial charge in [-0.25, -0.2) is 8.42 Å². The molecule has 2 aromatic heterocycles. The Morgan fingerprint density at radius 3 is 2.43 bits per heavy atom. The van der Waals surface area contributed by atoms with Gasteiger partial charge in [-0.2, -0.15) is 4.31 Å². The number of aryl methyl sites for hydroxylation is 3. The highest BCUT2D eigenvalue weighted by molar-refractivity contribution is 7.89. The summed E-state index contributed by atoms with van der Waals surface area (Å²) >= 11 is 1.49. The minimum atomic E-state index is -3.46. The molecule has 0 saturated carbocycles. The Labute approximate surface area is 128 Å². The average molecular weight is 326 g/mol. The predicted molar refractivity (Wildman–Crippen MR) is 82.0 cm³/mol. The van der Waals surface area contributed by atoms with Crippen LogP contribution in [0.4, 0.5) is 0 Å². The van der Waals surface area contributed by atoms with Crippen molar-refractivity contribution in [3.8, 4) is 11.3 Å². The molecule has 0 bridgehead atoms. The highest BCUT2D eigenvalue weighted by atomic mass is 32.2. The monoisotopic (exact) mass is 326 g/mol. The molecule has 0 aliphatic carbocycles. The lowest BCUT2D eigenvalue weighted by Crippen LogP contribution is -2.28. The fourth-order valence-corrected chi connectivity index (χ4v) is 6.13. The molecule has 2 aromatic rings. The minimum Gasteiger partial charge on any atom is -0.356 e. The van der Waals surface area contributed by atoms with E-state index in [1.54, 1.807) is 10.4 Å². The molecule has 0 atom stereocenters. The van der Waals surface area contributed by atoms with E-state index in [4.69, 9.17) is 4.52 Å². The third-order valence-electron chi connectivity index (χ3n) is 3.74. The van der Waals surface area contributed by atoms with Crippen molar-refractivity contribution < 1.29 is 12.9 Å². The van der Waals surface area contributed by atoms with Gasteiger partial charge in [0.1, 0.15) is 4.90 Å². The molecule has 0 spiro atoms. The van der Waals surface area contributed by atoms with Gasteiger partial charge in [0, 0.05) is 28.9 Å². The molecule has 114 valence electrons. The minimum absolute atomic E-state index is 0.392. The number of rotatable bonds is 3. The van der Waals surface area contributed by atoms with Gasteiger partial charge in [0.05, 0.1) is 11.3 Å². The first kappa shape index (κ1) is 14.7. The molecule has 1 saturated heterocycles. The molecule has 0 unspecified atom stereocenters. The number of nitrogens with zero attached hydrogens (tertiary/aromatic N) is 2. The van der Waals surface area contributed by atoms with Crippen molar-refractivity contribution >= 4 is 21.4 Å². The second-order valence-corrected chi connectivity index (χ2v) is 8.67. The van der Waals surface area contributed by atoms with Crippen molar-refractivity contribution in [3.63, 3.8) is 0 Å². The van der Waals surface area contributed by atoms with Gasteiger partial charge in [-0.1, -0.05) is 5.16 Å². The van der Waals surface area contributed by atoms with E-state index in [0.29, 0.717) is 29.3 Å². The Balaban J connectivity index is 2.19. The van der Waals surface area contributed by atoms with E-state index in [9.17, 15) is 8.42 Å². The quantitative estimate of drug-likeness (QED) is 0.869. The summed E-state index contributed by atoms with van der Waals surface area (Å²) in [6.45, 7) is 6.81. The molecule has 0 N–H and O–H groups in total. The van der Waals surface area contributed by atoms with Gasteiger partial charge in [0.15, 0.2) is 5.76 Å². The summed E-state index contributed by atoms with van der Waals surface area (Å²) in [7, 11) is -3.46. The summed E-state index contributed by atoms with van der Waals surface area (Å²) in [6.07, 6.45) is 1.86.